The van der Waals surface area contributed by atoms with Gasteiger partial charge in [-0.3, -0.25) is 4.90 Å². The molecule has 2 aliphatic heterocycles. The van der Waals surface area contributed by atoms with E-state index in [-0.39, 0.29) is 0 Å². The molecule has 2 heterocycles. The van der Waals surface area contributed by atoms with Crippen molar-refractivity contribution in [3.8, 4) is 0 Å². The first-order chi connectivity index (χ1) is 19.0. The Morgan fingerprint density at radius 2 is 1.41 bits per heavy atom. The van der Waals surface area contributed by atoms with Gasteiger partial charge < -0.3 is 9.64 Å². The molecule has 2 saturated heterocycles. The monoisotopic (exact) mass is 554 g/mol. The minimum Gasteiger partial charge on any atom is -0.378 e. The Morgan fingerprint density at radius 3 is 2.05 bits per heavy atom. The van der Waals surface area contributed by atoms with Crippen LogP contribution in [0.25, 0.3) is 0 Å². The van der Waals surface area contributed by atoms with Crippen molar-refractivity contribution < 1.29 is 4.74 Å². The lowest BCUT2D eigenvalue weighted by Crippen LogP contribution is -2.36. The van der Waals surface area contributed by atoms with Crippen molar-refractivity contribution in [1.82, 2.24) is 4.90 Å². The lowest BCUT2D eigenvalue weighted by atomic mass is 10.1. The zero-order valence-corrected chi connectivity index (χ0v) is 23.8. The van der Waals surface area contributed by atoms with Crippen molar-refractivity contribution in [3.05, 3.63) is 111 Å². The summed E-state index contributed by atoms with van der Waals surface area (Å²) in [5, 5.41) is 2.74. The lowest BCUT2D eigenvalue weighted by Gasteiger charge is -2.32. The van der Waals surface area contributed by atoms with Crippen molar-refractivity contribution >= 4 is 51.3 Å². The van der Waals surface area contributed by atoms with Gasteiger partial charge in [-0.2, -0.15) is 0 Å². The van der Waals surface area contributed by atoms with E-state index in [1.807, 2.05) is 12.1 Å². The van der Waals surface area contributed by atoms with Crippen LogP contribution in [-0.2, 0) is 4.74 Å². The molecule has 1 aliphatic carbocycles. The SMILES string of the molecule is Cc1ccc(N=C2S/C(=C3/CCC=C3N3CCOCC3)N(c3ccc(Cl)cc3)C2=Nc2ccc(C)cc2)cc1. The number of hydrogen-bond acceptors (Lipinski definition) is 5. The van der Waals surface area contributed by atoms with Gasteiger partial charge in [0.05, 0.1) is 29.6 Å². The van der Waals surface area contributed by atoms with Crippen LogP contribution in [0.2, 0.25) is 5.02 Å². The highest BCUT2D eigenvalue weighted by Crippen LogP contribution is 2.45. The third-order valence-electron chi connectivity index (χ3n) is 7.07. The van der Waals surface area contributed by atoms with Crippen LogP contribution in [-0.4, -0.2) is 42.1 Å². The number of anilines is 1. The number of benzene rings is 3. The van der Waals surface area contributed by atoms with E-state index in [0.29, 0.717) is 5.02 Å². The van der Waals surface area contributed by atoms with E-state index in [9.17, 15) is 0 Å². The van der Waals surface area contributed by atoms with Gasteiger partial charge in [0.15, 0.2) is 5.84 Å². The summed E-state index contributed by atoms with van der Waals surface area (Å²) < 4.78 is 5.65. The molecular weight excluding hydrogens is 524 g/mol. The molecule has 3 aromatic rings. The number of hydrogen-bond donors (Lipinski definition) is 0. The largest absolute Gasteiger partial charge is 0.378 e. The molecule has 0 aromatic heterocycles. The van der Waals surface area contributed by atoms with Gasteiger partial charge in [-0.1, -0.05) is 53.1 Å². The fourth-order valence-corrected chi connectivity index (χ4v) is 6.30. The highest BCUT2D eigenvalue weighted by atomic mass is 35.5. The number of ether oxygens (including phenoxy) is 1. The number of halogens is 1. The first kappa shape index (κ1) is 25.9. The molecule has 0 bridgehead atoms. The highest BCUT2D eigenvalue weighted by molar-refractivity contribution is 8.20. The van der Waals surface area contributed by atoms with Crippen molar-refractivity contribution in [2.45, 2.75) is 26.7 Å². The van der Waals surface area contributed by atoms with E-state index in [1.54, 1.807) is 11.8 Å². The van der Waals surface area contributed by atoms with Crippen LogP contribution in [0.15, 0.2) is 105 Å². The van der Waals surface area contributed by atoms with Crippen LogP contribution >= 0.6 is 23.4 Å². The standard InChI is InChI=1S/C32H31ClN4OS/c1-22-6-12-25(13-7-22)34-30-31(35-26-14-8-23(2)9-15-26)39-32(37(30)27-16-10-24(33)11-17-27)28-4-3-5-29(28)36-18-20-38-21-19-36/h5-17H,3-4,18-21H2,1-2H3/b32-28-,34-30?,35-31?. The number of aliphatic imine (C=N–C) groups is 2. The molecule has 0 saturated carbocycles. The van der Waals surface area contributed by atoms with Crippen LogP contribution in [0.4, 0.5) is 17.1 Å². The van der Waals surface area contributed by atoms with Gasteiger partial charge in [-0.25, -0.2) is 9.98 Å². The molecule has 0 atom stereocenters. The summed E-state index contributed by atoms with van der Waals surface area (Å²) in [6.45, 7) is 7.51. The number of nitrogens with zero attached hydrogens (tertiary/aromatic N) is 4. The molecule has 3 aliphatic rings. The Balaban J connectivity index is 1.53. The number of aryl methyl sites for hydroxylation is 2. The van der Waals surface area contributed by atoms with E-state index in [2.05, 4.69) is 90.4 Å². The molecule has 0 unspecified atom stereocenters. The lowest BCUT2D eigenvalue weighted by molar-refractivity contribution is 0.0549. The predicted octanol–water partition coefficient (Wildman–Crippen LogP) is 8.19. The van der Waals surface area contributed by atoms with Crippen LogP contribution in [0.5, 0.6) is 0 Å². The summed E-state index contributed by atoms with van der Waals surface area (Å²) >= 11 is 8.02. The Morgan fingerprint density at radius 1 is 0.795 bits per heavy atom. The van der Waals surface area contributed by atoms with Crippen molar-refractivity contribution in [2.75, 3.05) is 31.2 Å². The summed E-state index contributed by atoms with van der Waals surface area (Å²) in [7, 11) is 0. The molecule has 3 aromatic carbocycles. The quantitative estimate of drug-likeness (QED) is 0.326. The second-order valence-corrected chi connectivity index (χ2v) is 11.4. The van der Waals surface area contributed by atoms with E-state index >= 15 is 0 Å². The van der Waals surface area contributed by atoms with Crippen LogP contribution < -0.4 is 4.90 Å². The minimum atomic E-state index is 0.708. The average Bonchev–Trinajstić information content (AvgIpc) is 3.57. The molecule has 2 fully saturated rings. The molecule has 0 N–H and O–H groups in total. The maximum Gasteiger partial charge on any atom is 0.171 e. The Hall–Kier alpha value is -3.32. The molecule has 6 rings (SSSR count). The van der Waals surface area contributed by atoms with E-state index in [4.69, 9.17) is 26.3 Å². The molecule has 198 valence electrons. The zero-order chi connectivity index (χ0) is 26.8. The number of thioether (sulfide) groups is 1. The van der Waals surface area contributed by atoms with Gasteiger partial charge in [-0.05, 0) is 87.0 Å². The molecule has 5 nitrogen and oxygen atoms in total. The smallest absolute Gasteiger partial charge is 0.171 e. The molecule has 7 heteroatoms. The number of allylic oxidation sites excluding steroid dienone is 2. The van der Waals surface area contributed by atoms with Gasteiger partial charge in [-0.15, -0.1) is 0 Å². The third-order valence-corrected chi connectivity index (χ3v) is 8.41. The van der Waals surface area contributed by atoms with Crippen molar-refractivity contribution in [3.63, 3.8) is 0 Å². The highest BCUT2D eigenvalue weighted by Gasteiger charge is 2.37. The summed E-state index contributed by atoms with van der Waals surface area (Å²) in [4.78, 5) is 15.1. The van der Waals surface area contributed by atoms with Crippen molar-refractivity contribution in [2.24, 2.45) is 9.98 Å². The van der Waals surface area contributed by atoms with Gasteiger partial charge in [0, 0.05) is 35.1 Å². The summed E-state index contributed by atoms with van der Waals surface area (Å²) in [5.41, 5.74) is 7.89. The van der Waals surface area contributed by atoms with Gasteiger partial charge in [0.25, 0.3) is 0 Å². The summed E-state index contributed by atoms with van der Waals surface area (Å²) in [5.74, 6) is 0.822. The number of rotatable bonds is 4. The fraction of sp³-hybridized carbons (Fsp3) is 0.250. The molecule has 39 heavy (non-hydrogen) atoms. The van der Waals surface area contributed by atoms with Gasteiger partial charge in [0.1, 0.15) is 5.04 Å². The van der Waals surface area contributed by atoms with E-state index < -0.39 is 0 Å². The Labute approximate surface area is 239 Å². The maximum absolute atomic E-state index is 6.32. The topological polar surface area (TPSA) is 40.4 Å². The van der Waals surface area contributed by atoms with E-state index in [1.165, 1.54) is 22.4 Å². The third kappa shape index (κ3) is 5.69. The van der Waals surface area contributed by atoms with E-state index in [0.717, 1.165) is 72.1 Å². The Kier molecular flexibility index (Phi) is 7.60. The van der Waals surface area contributed by atoms with Gasteiger partial charge >= 0.3 is 0 Å². The summed E-state index contributed by atoms with van der Waals surface area (Å²) in [6, 6.07) is 24.7. The van der Waals surface area contributed by atoms with Crippen molar-refractivity contribution in [1.29, 1.82) is 0 Å². The zero-order valence-electron chi connectivity index (χ0n) is 22.2. The fourth-order valence-electron chi connectivity index (χ4n) is 4.99. The van der Waals surface area contributed by atoms with Crippen LogP contribution in [0.1, 0.15) is 24.0 Å². The molecular formula is C32H31ClN4OS. The summed E-state index contributed by atoms with van der Waals surface area (Å²) in [6.07, 6.45) is 4.38. The minimum absolute atomic E-state index is 0.708. The molecule has 0 spiro atoms. The second-order valence-electron chi connectivity index (χ2n) is 9.95. The predicted molar refractivity (Wildman–Crippen MR) is 165 cm³/mol. The van der Waals surface area contributed by atoms with Crippen LogP contribution in [0, 0.1) is 13.8 Å². The maximum atomic E-state index is 6.32. The number of morpholine rings is 1. The van der Waals surface area contributed by atoms with Gasteiger partial charge in [0.2, 0.25) is 0 Å². The van der Waals surface area contributed by atoms with Crippen LogP contribution in [0.3, 0.4) is 0 Å². The first-order valence-corrected chi connectivity index (χ1v) is 14.6. The Bertz CT molecular complexity index is 1470. The first-order valence-electron chi connectivity index (χ1n) is 13.4. The normalized spacial score (nSPS) is 21.8. The molecule has 0 radical (unpaired) electrons. The second kappa shape index (κ2) is 11.4. The molecule has 0 amide bonds. The average molecular weight is 555 g/mol. The number of amidine groups is 1.